The third-order valence-corrected chi connectivity index (χ3v) is 3.75. The lowest BCUT2D eigenvalue weighted by molar-refractivity contribution is -0.116. The quantitative estimate of drug-likeness (QED) is 0.739. The van der Waals surface area contributed by atoms with Crippen molar-refractivity contribution in [2.45, 2.75) is 20.3 Å². The maximum Gasteiger partial charge on any atom is 0.226 e. The Balaban J connectivity index is 1.78. The summed E-state index contributed by atoms with van der Waals surface area (Å²) in [4.78, 5) is 22.9. The number of amides is 2. The minimum absolute atomic E-state index is 0.0898. The van der Waals surface area contributed by atoms with Gasteiger partial charge in [-0.2, -0.15) is 0 Å². The summed E-state index contributed by atoms with van der Waals surface area (Å²) >= 11 is 6.06. The molecule has 5 nitrogen and oxygen atoms in total. The van der Waals surface area contributed by atoms with E-state index < -0.39 is 0 Å². The van der Waals surface area contributed by atoms with Crippen LogP contribution in [0, 0.1) is 6.92 Å². The molecular formula is C18H20ClN3O2. The van der Waals surface area contributed by atoms with Crippen molar-refractivity contribution < 1.29 is 9.59 Å². The molecule has 2 amide bonds. The smallest absolute Gasteiger partial charge is 0.226 e. The summed E-state index contributed by atoms with van der Waals surface area (Å²) in [7, 11) is 0. The molecule has 0 bridgehead atoms. The summed E-state index contributed by atoms with van der Waals surface area (Å²) in [5.41, 5.74) is 3.28. The van der Waals surface area contributed by atoms with Gasteiger partial charge < -0.3 is 16.0 Å². The Labute approximate surface area is 146 Å². The number of carbonyl (C=O) groups is 2. The molecule has 0 atom stereocenters. The molecule has 0 aliphatic carbocycles. The van der Waals surface area contributed by atoms with Crippen LogP contribution in [0.1, 0.15) is 18.9 Å². The van der Waals surface area contributed by atoms with Gasteiger partial charge in [0, 0.05) is 42.0 Å². The van der Waals surface area contributed by atoms with Gasteiger partial charge in [0.2, 0.25) is 11.8 Å². The van der Waals surface area contributed by atoms with Crippen molar-refractivity contribution in [3.63, 3.8) is 0 Å². The van der Waals surface area contributed by atoms with Crippen molar-refractivity contribution in [1.29, 1.82) is 0 Å². The number of aryl methyl sites for hydroxylation is 1. The first kappa shape index (κ1) is 17.8. The molecule has 0 spiro atoms. The summed E-state index contributed by atoms with van der Waals surface area (Å²) in [5.74, 6) is -0.220. The number of anilines is 3. The molecule has 24 heavy (non-hydrogen) atoms. The molecule has 2 aromatic carbocycles. The average Bonchev–Trinajstić information content (AvgIpc) is 2.52. The fourth-order valence-corrected chi connectivity index (χ4v) is 2.27. The standard InChI is InChI=1S/C18H20ClN3O2/c1-12-3-4-16(11-17(12)19)20-10-9-18(24)22-15-7-5-14(6-8-15)21-13(2)23/h3-8,11,20H,9-10H2,1-2H3,(H,21,23)(H,22,24). The molecule has 0 fully saturated rings. The molecule has 0 radical (unpaired) electrons. The van der Waals surface area contributed by atoms with Gasteiger partial charge in [0.15, 0.2) is 0 Å². The summed E-state index contributed by atoms with van der Waals surface area (Å²) < 4.78 is 0. The molecule has 0 aliphatic rings. The maximum absolute atomic E-state index is 11.9. The van der Waals surface area contributed by atoms with Crippen molar-refractivity contribution in [3.05, 3.63) is 53.1 Å². The highest BCUT2D eigenvalue weighted by atomic mass is 35.5. The van der Waals surface area contributed by atoms with Crippen molar-refractivity contribution in [1.82, 2.24) is 0 Å². The van der Waals surface area contributed by atoms with E-state index in [2.05, 4.69) is 16.0 Å². The third kappa shape index (κ3) is 5.59. The lowest BCUT2D eigenvalue weighted by Gasteiger charge is -2.09. The minimum Gasteiger partial charge on any atom is -0.384 e. The van der Waals surface area contributed by atoms with Gasteiger partial charge in [-0.05, 0) is 48.9 Å². The Morgan fingerprint density at radius 3 is 2.12 bits per heavy atom. The SMILES string of the molecule is CC(=O)Nc1ccc(NC(=O)CCNc2ccc(C)c(Cl)c2)cc1. The first-order valence-corrected chi connectivity index (χ1v) is 7.99. The van der Waals surface area contributed by atoms with E-state index in [-0.39, 0.29) is 11.8 Å². The van der Waals surface area contributed by atoms with E-state index in [1.165, 1.54) is 6.92 Å². The number of nitrogens with one attached hydrogen (secondary N) is 3. The molecule has 0 saturated heterocycles. The molecule has 6 heteroatoms. The molecule has 0 heterocycles. The Bertz CT molecular complexity index is 730. The van der Waals surface area contributed by atoms with Gasteiger partial charge in [-0.1, -0.05) is 17.7 Å². The molecular weight excluding hydrogens is 326 g/mol. The summed E-state index contributed by atoms with van der Waals surface area (Å²) in [6.07, 6.45) is 0.332. The monoisotopic (exact) mass is 345 g/mol. The Kier molecular flexibility index (Phi) is 6.21. The zero-order chi connectivity index (χ0) is 17.5. The number of rotatable bonds is 6. The summed E-state index contributed by atoms with van der Waals surface area (Å²) in [6.45, 7) is 3.90. The van der Waals surface area contributed by atoms with Crippen LogP contribution in [0.15, 0.2) is 42.5 Å². The number of halogens is 1. The van der Waals surface area contributed by atoms with Crippen LogP contribution in [0.25, 0.3) is 0 Å². The zero-order valence-electron chi connectivity index (χ0n) is 13.7. The van der Waals surface area contributed by atoms with Gasteiger partial charge >= 0.3 is 0 Å². The van der Waals surface area contributed by atoms with Crippen LogP contribution >= 0.6 is 11.6 Å². The van der Waals surface area contributed by atoms with E-state index in [1.807, 2.05) is 25.1 Å². The molecule has 0 saturated carbocycles. The van der Waals surface area contributed by atoms with Crippen molar-refractivity contribution in [2.24, 2.45) is 0 Å². The highest BCUT2D eigenvalue weighted by Gasteiger charge is 2.04. The number of benzene rings is 2. The van der Waals surface area contributed by atoms with Crippen molar-refractivity contribution in [3.8, 4) is 0 Å². The van der Waals surface area contributed by atoms with Crippen LogP contribution in [-0.2, 0) is 9.59 Å². The fourth-order valence-electron chi connectivity index (χ4n) is 2.09. The lowest BCUT2D eigenvalue weighted by atomic mass is 10.2. The van der Waals surface area contributed by atoms with Gasteiger partial charge in [0.05, 0.1) is 0 Å². The molecule has 3 N–H and O–H groups in total. The highest BCUT2D eigenvalue weighted by molar-refractivity contribution is 6.31. The van der Waals surface area contributed by atoms with E-state index in [0.717, 1.165) is 11.3 Å². The Hall–Kier alpha value is -2.53. The molecule has 2 rings (SSSR count). The molecule has 126 valence electrons. The van der Waals surface area contributed by atoms with Crippen LogP contribution in [0.5, 0.6) is 0 Å². The van der Waals surface area contributed by atoms with E-state index in [9.17, 15) is 9.59 Å². The third-order valence-electron chi connectivity index (χ3n) is 3.34. The van der Waals surface area contributed by atoms with Crippen LogP contribution in [0.4, 0.5) is 17.1 Å². The van der Waals surface area contributed by atoms with Crippen LogP contribution in [0.3, 0.4) is 0 Å². The number of hydrogen-bond donors (Lipinski definition) is 3. The van der Waals surface area contributed by atoms with Gasteiger partial charge in [-0.15, -0.1) is 0 Å². The second-order valence-electron chi connectivity index (χ2n) is 5.45. The van der Waals surface area contributed by atoms with Gasteiger partial charge in [-0.3, -0.25) is 9.59 Å². The van der Waals surface area contributed by atoms with Gasteiger partial charge in [0.25, 0.3) is 0 Å². The lowest BCUT2D eigenvalue weighted by Crippen LogP contribution is -2.16. The minimum atomic E-state index is -0.130. The van der Waals surface area contributed by atoms with E-state index >= 15 is 0 Å². The zero-order valence-corrected chi connectivity index (χ0v) is 14.4. The summed E-state index contributed by atoms with van der Waals surface area (Å²) in [6, 6.07) is 12.7. The first-order chi connectivity index (χ1) is 11.4. The largest absolute Gasteiger partial charge is 0.384 e. The van der Waals surface area contributed by atoms with Crippen molar-refractivity contribution in [2.75, 3.05) is 22.5 Å². The van der Waals surface area contributed by atoms with Gasteiger partial charge in [0.1, 0.15) is 0 Å². The normalized spacial score (nSPS) is 10.1. The van der Waals surface area contributed by atoms with Crippen LogP contribution < -0.4 is 16.0 Å². The fraction of sp³-hybridized carbons (Fsp3) is 0.222. The molecule has 0 aromatic heterocycles. The Morgan fingerprint density at radius 1 is 0.958 bits per heavy atom. The molecule has 2 aromatic rings. The van der Waals surface area contributed by atoms with Crippen LogP contribution in [-0.4, -0.2) is 18.4 Å². The second kappa shape index (κ2) is 8.36. The topological polar surface area (TPSA) is 70.2 Å². The summed E-state index contributed by atoms with van der Waals surface area (Å²) in [5, 5.41) is 9.35. The van der Waals surface area contributed by atoms with E-state index in [4.69, 9.17) is 11.6 Å². The van der Waals surface area contributed by atoms with Gasteiger partial charge in [-0.25, -0.2) is 0 Å². The predicted octanol–water partition coefficient (Wildman–Crippen LogP) is 4.05. The number of hydrogen-bond acceptors (Lipinski definition) is 3. The molecule has 0 unspecified atom stereocenters. The number of carbonyl (C=O) groups excluding carboxylic acids is 2. The second-order valence-corrected chi connectivity index (χ2v) is 5.85. The van der Waals surface area contributed by atoms with E-state index in [1.54, 1.807) is 24.3 Å². The Morgan fingerprint density at radius 2 is 1.54 bits per heavy atom. The predicted molar refractivity (Wildman–Crippen MR) is 98.7 cm³/mol. The first-order valence-electron chi connectivity index (χ1n) is 7.61. The van der Waals surface area contributed by atoms with Crippen molar-refractivity contribution >= 4 is 40.5 Å². The highest BCUT2D eigenvalue weighted by Crippen LogP contribution is 2.20. The van der Waals surface area contributed by atoms with Crippen LogP contribution in [0.2, 0.25) is 5.02 Å². The van der Waals surface area contributed by atoms with E-state index in [0.29, 0.717) is 29.4 Å². The average molecular weight is 346 g/mol. The molecule has 0 aliphatic heterocycles. The maximum atomic E-state index is 11.9.